The van der Waals surface area contributed by atoms with Gasteiger partial charge in [0.2, 0.25) is 5.91 Å². The van der Waals surface area contributed by atoms with Crippen molar-refractivity contribution in [1.29, 1.82) is 0 Å². The molecule has 1 aliphatic rings. The van der Waals surface area contributed by atoms with Crippen molar-refractivity contribution in [2.45, 2.75) is 26.3 Å². The van der Waals surface area contributed by atoms with Crippen molar-refractivity contribution in [2.75, 3.05) is 20.1 Å². The summed E-state index contributed by atoms with van der Waals surface area (Å²) in [7, 11) is 1.52. The predicted octanol–water partition coefficient (Wildman–Crippen LogP) is 0.228. The maximum atomic E-state index is 12.0. The first-order valence-corrected chi connectivity index (χ1v) is 5.19. The zero-order chi connectivity index (χ0) is 12.5. The molecule has 5 nitrogen and oxygen atoms in total. The highest BCUT2D eigenvalue weighted by Gasteiger charge is 2.36. The normalized spacial score (nSPS) is 15.4. The molecule has 1 fully saturated rings. The zero-order valence-corrected chi connectivity index (χ0v) is 10.1. The van der Waals surface area contributed by atoms with Gasteiger partial charge in [-0.2, -0.15) is 0 Å². The Balaban J connectivity index is 2.86. The molecule has 0 aromatic rings. The second kappa shape index (κ2) is 4.25. The summed E-state index contributed by atoms with van der Waals surface area (Å²) in [6.07, 6.45) is 0. The highest BCUT2D eigenvalue weighted by molar-refractivity contribution is 5.97. The number of hydrogen-bond acceptors (Lipinski definition) is 3. The number of carbonyl (C=O) groups excluding carboxylic acids is 1. The minimum atomic E-state index is -1.18. The summed E-state index contributed by atoms with van der Waals surface area (Å²) in [5.41, 5.74) is 0.518. The number of likely N-dealkylation sites (N-methyl/N-ethyl adjacent to an activating group) is 1. The monoisotopic (exact) mass is 226 g/mol. The largest absolute Gasteiger partial charge is 0.480 e. The summed E-state index contributed by atoms with van der Waals surface area (Å²) in [4.78, 5) is 24.3. The molecule has 5 heteroatoms. The number of carboxylic acid groups (broad SMARTS) is 1. The number of hydrogen-bond donors (Lipinski definition) is 2. The Morgan fingerprint density at radius 1 is 1.38 bits per heavy atom. The molecule has 90 valence electrons. The second-order valence-corrected chi connectivity index (χ2v) is 4.56. The van der Waals surface area contributed by atoms with Gasteiger partial charge in [-0.15, -0.1) is 0 Å². The highest BCUT2D eigenvalue weighted by Crippen LogP contribution is 2.18. The van der Waals surface area contributed by atoms with Crippen LogP contribution in [0, 0.1) is 0 Å². The fraction of sp³-hybridized carbons (Fsp3) is 0.636. The Morgan fingerprint density at radius 3 is 2.19 bits per heavy atom. The van der Waals surface area contributed by atoms with E-state index in [4.69, 9.17) is 5.11 Å². The molecule has 0 aromatic carbocycles. The SMILES string of the molecule is CC(C(=O)N(C)C(C)(C)C(=O)O)=C1CNC1. The van der Waals surface area contributed by atoms with Crippen LogP contribution in [-0.2, 0) is 9.59 Å². The molecule has 1 rings (SSSR count). The molecule has 2 N–H and O–H groups in total. The quantitative estimate of drug-likeness (QED) is 0.676. The number of carbonyl (C=O) groups is 2. The van der Waals surface area contributed by atoms with E-state index in [2.05, 4.69) is 5.32 Å². The van der Waals surface area contributed by atoms with Crippen molar-refractivity contribution < 1.29 is 14.7 Å². The van der Waals surface area contributed by atoms with Gasteiger partial charge in [-0.3, -0.25) is 4.79 Å². The van der Waals surface area contributed by atoms with Crippen LogP contribution in [0.4, 0.5) is 0 Å². The van der Waals surface area contributed by atoms with E-state index in [-0.39, 0.29) is 5.91 Å². The predicted molar refractivity (Wildman–Crippen MR) is 60.1 cm³/mol. The van der Waals surface area contributed by atoms with Crippen molar-refractivity contribution in [3.8, 4) is 0 Å². The first kappa shape index (κ1) is 12.7. The van der Waals surface area contributed by atoms with Crippen LogP contribution in [0.5, 0.6) is 0 Å². The van der Waals surface area contributed by atoms with Crippen LogP contribution < -0.4 is 5.32 Å². The van der Waals surface area contributed by atoms with Crippen LogP contribution in [0.1, 0.15) is 20.8 Å². The topological polar surface area (TPSA) is 69.6 Å². The van der Waals surface area contributed by atoms with Gasteiger partial charge < -0.3 is 15.3 Å². The highest BCUT2D eigenvalue weighted by atomic mass is 16.4. The van der Waals surface area contributed by atoms with Crippen LogP contribution in [0.2, 0.25) is 0 Å². The fourth-order valence-corrected chi connectivity index (χ4v) is 1.32. The van der Waals surface area contributed by atoms with Gasteiger partial charge in [0.05, 0.1) is 0 Å². The lowest BCUT2D eigenvalue weighted by molar-refractivity contribution is -0.153. The van der Waals surface area contributed by atoms with Gasteiger partial charge in [-0.25, -0.2) is 4.79 Å². The second-order valence-electron chi connectivity index (χ2n) is 4.56. The van der Waals surface area contributed by atoms with Crippen molar-refractivity contribution in [3.63, 3.8) is 0 Å². The van der Waals surface area contributed by atoms with E-state index in [9.17, 15) is 9.59 Å². The minimum Gasteiger partial charge on any atom is -0.480 e. The maximum Gasteiger partial charge on any atom is 0.329 e. The molecule has 1 saturated heterocycles. The third-order valence-electron chi connectivity index (χ3n) is 3.19. The van der Waals surface area contributed by atoms with Crippen LogP contribution >= 0.6 is 0 Å². The molecule has 0 saturated carbocycles. The number of nitrogens with zero attached hydrogens (tertiary/aromatic N) is 1. The number of rotatable bonds is 3. The average molecular weight is 226 g/mol. The summed E-state index contributed by atoms with van der Waals surface area (Å²) < 4.78 is 0. The Bertz CT molecular complexity index is 352. The maximum absolute atomic E-state index is 12.0. The van der Waals surface area contributed by atoms with Gasteiger partial charge in [-0.1, -0.05) is 0 Å². The van der Waals surface area contributed by atoms with E-state index in [1.165, 1.54) is 25.8 Å². The molecule has 0 atom stereocenters. The molecule has 0 aliphatic carbocycles. The van der Waals surface area contributed by atoms with Crippen LogP contribution in [-0.4, -0.2) is 47.6 Å². The molecule has 1 heterocycles. The number of aliphatic carboxylic acids is 1. The van der Waals surface area contributed by atoms with E-state index in [0.717, 1.165) is 18.7 Å². The zero-order valence-electron chi connectivity index (χ0n) is 10.1. The van der Waals surface area contributed by atoms with E-state index >= 15 is 0 Å². The van der Waals surface area contributed by atoms with Gasteiger partial charge in [-0.05, 0) is 26.3 Å². The Kier molecular flexibility index (Phi) is 3.38. The molecule has 0 bridgehead atoms. The van der Waals surface area contributed by atoms with Gasteiger partial charge in [0.1, 0.15) is 5.54 Å². The molecule has 1 aliphatic heterocycles. The number of carboxylic acids is 1. The molecule has 16 heavy (non-hydrogen) atoms. The van der Waals surface area contributed by atoms with Crippen molar-refractivity contribution in [1.82, 2.24) is 10.2 Å². The average Bonchev–Trinajstić information content (AvgIpc) is 2.12. The standard InChI is InChI=1S/C11H18N2O3/c1-7(8-5-12-6-8)9(14)13(4)11(2,3)10(15)16/h12H,5-6H2,1-4H3,(H,15,16). The molecule has 0 radical (unpaired) electrons. The van der Waals surface area contributed by atoms with Gasteiger partial charge >= 0.3 is 5.97 Å². The van der Waals surface area contributed by atoms with Crippen molar-refractivity contribution in [3.05, 3.63) is 11.1 Å². The lowest BCUT2D eigenvalue weighted by atomic mass is 9.99. The van der Waals surface area contributed by atoms with Crippen LogP contribution in [0.25, 0.3) is 0 Å². The molecule has 0 unspecified atom stereocenters. The lowest BCUT2D eigenvalue weighted by Crippen LogP contribution is -2.51. The first-order chi connectivity index (χ1) is 7.28. The Labute approximate surface area is 95.1 Å². The molecular formula is C11H18N2O3. The number of amides is 1. The molecular weight excluding hydrogens is 208 g/mol. The van der Waals surface area contributed by atoms with E-state index in [1.54, 1.807) is 6.92 Å². The van der Waals surface area contributed by atoms with E-state index < -0.39 is 11.5 Å². The first-order valence-electron chi connectivity index (χ1n) is 5.19. The summed E-state index contributed by atoms with van der Waals surface area (Å²) in [6.45, 7) is 6.22. The Hall–Kier alpha value is -1.36. The van der Waals surface area contributed by atoms with E-state index in [0.29, 0.717) is 5.57 Å². The smallest absolute Gasteiger partial charge is 0.329 e. The third kappa shape index (κ3) is 2.09. The van der Waals surface area contributed by atoms with Gasteiger partial charge in [0.25, 0.3) is 0 Å². The van der Waals surface area contributed by atoms with Gasteiger partial charge in [0, 0.05) is 25.7 Å². The van der Waals surface area contributed by atoms with Gasteiger partial charge in [0.15, 0.2) is 0 Å². The molecule has 0 aromatic heterocycles. The fourth-order valence-electron chi connectivity index (χ4n) is 1.32. The lowest BCUT2D eigenvalue weighted by Gasteiger charge is -2.33. The molecule has 0 spiro atoms. The van der Waals surface area contributed by atoms with E-state index in [1.807, 2.05) is 0 Å². The summed E-state index contributed by atoms with van der Waals surface area (Å²) in [6, 6.07) is 0. The minimum absolute atomic E-state index is 0.219. The summed E-state index contributed by atoms with van der Waals surface area (Å²) in [5, 5.41) is 12.1. The van der Waals surface area contributed by atoms with Crippen LogP contribution in [0.15, 0.2) is 11.1 Å². The van der Waals surface area contributed by atoms with Crippen molar-refractivity contribution in [2.24, 2.45) is 0 Å². The molecule has 1 amide bonds. The van der Waals surface area contributed by atoms with Crippen molar-refractivity contribution >= 4 is 11.9 Å². The summed E-state index contributed by atoms with van der Waals surface area (Å²) >= 11 is 0. The Morgan fingerprint density at radius 2 is 1.88 bits per heavy atom. The van der Waals surface area contributed by atoms with Crippen LogP contribution in [0.3, 0.4) is 0 Å². The third-order valence-corrected chi connectivity index (χ3v) is 3.19. The number of nitrogens with one attached hydrogen (secondary N) is 1. The summed E-state index contributed by atoms with van der Waals surface area (Å²) in [5.74, 6) is -1.23.